The molecule has 0 aliphatic carbocycles. The van der Waals surface area contributed by atoms with Crippen LogP contribution in [0.4, 0.5) is 11.4 Å². The van der Waals surface area contributed by atoms with Gasteiger partial charge in [0.2, 0.25) is 0 Å². The fourth-order valence-corrected chi connectivity index (χ4v) is 2.44. The van der Waals surface area contributed by atoms with Crippen LogP contribution in [0.25, 0.3) is 0 Å². The average Bonchev–Trinajstić information content (AvgIpc) is 2.52. The van der Waals surface area contributed by atoms with Crippen LogP contribution in [0.3, 0.4) is 0 Å². The number of nitrogens with zero attached hydrogens (tertiary/aromatic N) is 3. The summed E-state index contributed by atoms with van der Waals surface area (Å²) in [7, 11) is 1.87. The second-order valence-corrected chi connectivity index (χ2v) is 5.30. The van der Waals surface area contributed by atoms with E-state index in [0.717, 1.165) is 17.5 Å². The zero-order valence-electron chi connectivity index (χ0n) is 11.7. The maximum atomic E-state index is 11.2. The van der Waals surface area contributed by atoms with E-state index in [9.17, 15) is 10.1 Å². The van der Waals surface area contributed by atoms with Crippen LogP contribution in [0.2, 0.25) is 0 Å². The minimum absolute atomic E-state index is 0.143. The van der Waals surface area contributed by atoms with Crippen molar-refractivity contribution in [3.8, 4) is 0 Å². The molecule has 1 aromatic carbocycles. The summed E-state index contributed by atoms with van der Waals surface area (Å²) in [6, 6.07) is 9.24. The molecule has 0 aliphatic rings. The third-order valence-electron chi connectivity index (χ3n) is 3.29. The molecule has 0 bridgehead atoms. The molecule has 0 unspecified atom stereocenters. The van der Waals surface area contributed by atoms with Crippen molar-refractivity contribution in [1.29, 1.82) is 0 Å². The lowest BCUT2D eigenvalue weighted by molar-refractivity contribution is -0.384. The normalized spacial score (nSPS) is 10.4. The van der Waals surface area contributed by atoms with Gasteiger partial charge in [-0.3, -0.25) is 15.1 Å². The highest BCUT2D eigenvalue weighted by molar-refractivity contribution is 9.08. The van der Waals surface area contributed by atoms with E-state index in [1.165, 1.54) is 0 Å². The molecule has 0 amide bonds. The number of anilines is 1. The zero-order valence-corrected chi connectivity index (χ0v) is 13.3. The van der Waals surface area contributed by atoms with Gasteiger partial charge < -0.3 is 4.90 Å². The second kappa shape index (κ2) is 7.17. The summed E-state index contributed by atoms with van der Waals surface area (Å²) < 4.78 is 0. The number of nitro benzene ring substituents is 1. The maximum Gasteiger partial charge on any atom is 0.292 e. The molecule has 1 heterocycles. The van der Waals surface area contributed by atoms with Crippen LogP contribution in [0.5, 0.6) is 0 Å². The Balaban J connectivity index is 2.15. The summed E-state index contributed by atoms with van der Waals surface area (Å²) in [6.07, 6.45) is 4.32. The minimum Gasteiger partial charge on any atom is -0.369 e. The first-order valence-electron chi connectivity index (χ1n) is 6.55. The van der Waals surface area contributed by atoms with Gasteiger partial charge in [-0.2, -0.15) is 0 Å². The van der Waals surface area contributed by atoms with E-state index in [1.807, 2.05) is 30.1 Å². The minimum atomic E-state index is -0.329. The lowest BCUT2D eigenvalue weighted by Crippen LogP contribution is -2.21. The molecule has 2 aromatic rings. The molecule has 2 rings (SSSR count). The standard InChI is InChI=1S/C15H16BrN3O2/c1-18(9-6-12-4-7-17-8-5-12)14-3-2-13(11-16)10-15(14)19(20)21/h2-5,7-8,10H,6,9,11H2,1H3. The summed E-state index contributed by atoms with van der Waals surface area (Å²) in [5, 5.41) is 11.8. The summed E-state index contributed by atoms with van der Waals surface area (Å²) in [5.74, 6) is 0. The van der Waals surface area contributed by atoms with Gasteiger partial charge in [0.05, 0.1) is 4.92 Å². The van der Waals surface area contributed by atoms with E-state index in [1.54, 1.807) is 24.5 Å². The van der Waals surface area contributed by atoms with Crippen LogP contribution in [-0.2, 0) is 11.8 Å². The first-order chi connectivity index (χ1) is 10.1. The molecule has 110 valence electrons. The lowest BCUT2D eigenvalue weighted by Gasteiger charge is -2.19. The van der Waals surface area contributed by atoms with Crippen LogP contribution >= 0.6 is 15.9 Å². The van der Waals surface area contributed by atoms with Gasteiger partial charge >= 0.3 is 0 Å². The van der Waals surface area contributed by atoms with Crippen molar-refractivity contribution >= 4 is 27.3 Å². The van der Waals surface area contributed by atoms with Crippen molar-refractivity contribution < 1.29 is 4.92 Å². The Bertz CT molecular complexity index is 620. The summed E-state index contributed by atoms with van der Waals surface area (Å²) in [6.45, 7) is 0.707. The van der Waals surface area contributed by atoms with Crippen molar-refractivity contribution in [2.24, 2.45) is 0 Å². The van der Waals surface area contributed by atoms with Crippen LogP contribution < -0.4 is 4.90 Å². The van der Waals surface area contributed by atoms with E-state index < -0.39 is 0 Å². The number of rotatable bonds is 6. The number of alkyl halides is 1. The summed E-state index contributed by atoms with van der Waals surface area (Å²) in [4.78, 5) is 16.8. The number of halogens is 1. The van der Waals surface area contributed by atoms with Gasteiger partial charge in [0.15, 0.2) is 0 Å². The molecule has 6 heteroatoms. The Kier molecular flexibility index (Phi) is 5.27. The molecule has 0 radical (unpaired) electrons. The number of pyridine rings is 1. The Morgan fingerprint density at radius 1 is 1.24 bits per heavy atom. The third kappa shape index (κ3) is 4.01. The van der Waals surface area contributed by atoms with Crippen molar-refractivity contribution in [2.45, 2.75) is 11.8 Å². The fourth-order valence-electron chi connectivity index (χ4n) is 2.09. The van der Waals surface area contributed by atoms with Crippen LogP contribution in [-0.4, -0.2) is 23.5 Å². The molecule has 21 heavy (non-hydrogen) atoms. The lowest BCUT2D eigenvalue weighted by atomic mass is 10.1. The highest BCUT2D eigenvalue weighted by Crippen LogP contribution is 2.29. The van der Waals surface area contributed by atoms with E-state index in [4.69, 9.17) is 0 Å². The maximum absolute atomic E-state index is 11.2. The predicted molar refractivity (Wildman–Crippen MR) is 86.9 cm³/mol. The van der Waals surface area contributed by atoms with Gasteiger partial charge in [0, 0.05) is 37.4 Å². The zero-order chi connectivity index (χ0) is 15.2. The van der Waals surface area contributed by atoms with Gasteiger partial charge in [0.25, 0.3) is 5.69 Å². The quantitative estimate of drug-likeness (QED) is 0.454. The van der Waals surface area contributed by atoms with Gasteiger partial charge in [0.1, 0.15) is 5.69 Å². The Hall–Kier alpha value is -1.95. The molecular weight excluding hydrogens is 334 g/mol. The Morgan fingerprint density at radius 3 is 2.57 bits per heavy atom. The molecule has 5 nitrogen and oxygen atoms in total. The number of nitro groups is 1. The molecule has 0 saturated heterocycles. The predicted octanol–water partition coefficient (Wildman–Crippen LogP) is 3.56. The smallest absolute Gasteiger partial charge is 0.292 e. The fraction of sp³-hybridized carbons (Fsp3) is 0.267. The SMILES string of the molecule is CN(CCc1ccncc1)c1ccc(CBr)cc1[N+](=O)[O-]. The molecule has 0 aliphatic heterocycles. The van der Waals surface area contributed by atoms with E-state index in [2.05, 4.69) is 20.9 Å². The Morgan fingerprint density at radius 2 is 1.95 bits per heavy atom. The summed E-state index contributed by atoms with van der Waals surface area (Å²) in [5.41, 5.74) is 2.84. The molecule has 0 atom stereocenters. The van der Waals surface area contributed by atoms with Crippen LogP contribution in [0.15, 0.2) is 42.7 Å². The highest BCUT2D eigenvalue weighted by atomic mass is 79.9. The van der Waals surface area contributed by atoms with Gasteiger partial charge in [-0.25, -0.2) is 0 Å². The van der Waals surface area contributed by atoms with E-state index in [-0.39, 0.29) is 10.6 Å². The first-order valence-corrected chi connectivity index (χ1v) is 7.67. The van der Waals surface area contributed by atoms with Gasteiger partial charge in [-0.1, -0.05) is 22.0 Å². The average molecular weight is 350 g/mol. The van der Waals surface area contributed by atoms with E-state index in [0.29, 0.717) is 17.6 Å². The second-order valence-electron chi connectivity index (χ2n) is 4.74. The van der Waals surface area contributed by atoms with Gasteiger partial charge in [-0.15, -0.1) is 0 Å². The molecule has 0 fully saturated rings. The van der Waals surface area contributed by atoms with Crippen molar-refractivity contribution in [3.05, 3.63) is 64.0 Å². The Labute approximate surface area is 131 Å². The number of likely N-dealkylation sites (N-methyl/N-ethyl adjacent to an activating group) is 1. The molecule has 0 N–H and O–H groups in total. The monoisotopic (exact) mass is 349 g/mol. The molecule has 0 spiro atoms. The van der Waals surface area contributed by atoms with Crippen molar-refractivity contribution in [2.75, 3.05) is 18.5 Å². The molecule has 0 saturated carbocycles. The largest absolute Gasteiger partial charge is 0.369 e. The molecular formula is C15H16BrN3O2. The number of aromatic nitrogens is 1. The van der Waals surface area contributed by atoms with Gasteiger partial charge in [-0.05, 0) is 35.7 Å². The topological polar surface area (TPSA) is 59.3 Å². The van der Waals surface area contributed by atoms with Crippen molar-refractivity contribution in [1.82, 2.24) is 4.98 Å². The molecule has 1 aromatic heterocycles. The highest BCUT2D eigenvalue weighted by Gasteiger charge is 2.17. The summed E-state index contributed by atoms with van der Waals surface area (Å²) >= 11 is 3.32. The van der Waals surface area contributed by atoms with Crippen LogP contribution in [0.1, 0.15) is 11.1 Å². The van der Waals surface area contributed by atoms with E-state index >= 15 is 0 Å². The van der Waals surface area contributed by atoms with Crippen LogP contribution in [0, 0.1) is 10.1 Å². The first kappa shape index (κ1) is 15.4. The third-order valence-corrected chi connectivity index (χ3v) is 3.93. The number of hydrogen-bond donors (Lipinski definition) is 0. The number of benzene rings is 1. The number of hydrogen-bond acceptors (Lipinski definition) is 4. The van der Waals surface area contributed by atoms with Crippen molar-refractivity contribution in [3.63, 3.8) is 0 Å².